The number of non-ortho nitro benzene ring substituents is 1. The van der Waals surface area contributed by atoms with E-state index in [9.17, 15) is 14.7 Å². The summed E-state index contributed by atoms with van der Waals surface area (Å²) in [6, 6.07) is 6.05. The molecule has 0 radical (unpaired) electrons. The Morgan fingerprint density at radius 3 is 2.33 bits per heavy atom. The molecule has 1 rings (SSSR count). The molecule has 0 N–H and O–H groups in total. The molecule has 12 heavy (non-hydrogen) atoms. The molecule has 1 aromatic carbocycles. The maximum Gasteiger partial charge on any atom is 0.329 e. The number of benzene rings is 1. The summed E-state index contributed by atoms with van der Waals surface area (Å²) < 4.78 is 10.2. The van der Waals surface area contributed by atoms with Crippen molar-refractivity contribution >= 4 is 14.1 Å². The highest BCUT2D eigenvalue weighted by Crippen LogP contribution is 2.14. The van der Waals surface area contributed by atoms with Gasteiger partial charge in [-0.2, -0.15) is 0 Å². The highest BCUT2D eigenvalue weighted by molar-refractivity contribution is 7.22. The second-order valence-corrected chi connectivity index (χ2v) is 2.89. The fraction of sp³-hybridized carbons (Fsp3) is 0.143. The molecule has 1 unspecified atom stereocenters. The van der Waals surface area contributed by atoms with E-state index in [1.807, 2.05) is 0 Å². The Bertz CT molecular complexity index is 296. The summed E-state index contributed by atoms with van der Waals surface area (Å²) in [6.45, 7) is 0. The van der Waals surface area contributed by atoms with Gasteiger partial charge in [0.15, 0.2) is 6.16 Å². The van der Waals surface area contributed by atoms with E-state index >= 15 is 0 Å². The Morgan fingerprint density at radius 2 is 1.92 bits per heavy atom. The lowest BCUT2D eigenvalue weighted by molar-refractivity contribution is -0.384. The molecule has 0 heterocycles. The zero-order valence-corrected chi connectivity index (χ0v) is 7.19. The summed E-state index contributed by atoms with van der Waals surface area (Å²) in [5.41, 5.74) is 0.918. The molecule has 0 saturated carbocycles. The standard InChI is InChI=1S/C7H6NO3P/c9-8(10)7-3-1-6(2-4-7)5-12-11/h1-4H,5H2/p+1. The number of hydrogen-bond donors (Lipinski definition) is 0. The SMILES string of the molecule is O=[PH+]Cc1ccc([N+](=O)[O-])cc1. The fourth-order valence-corrected chi connectivity index (χ4v) is 1.22. The van der Waals surface area contributed by atoms with Crippen molar-refractivity contribution in [2.75, 3.05) is 0 Å². The molecule has 0 fully saturated rings. The van der Waals surface area contributed by atoms with Gasteiger partial charge in [-0.1, -0.05) is 4.57 Å². The molecule has 1 aromatic rings. The largest absolute Gasteiger partial charge is 0.329 e. The molecular formula is C7H7NO3P+. The van der Waals surface area contributed by atoms with Gasteiger partial charge in [0.25, 0.3) is 5.69 Å². The number of nitro benzene ring substituents is 1. The molecule has 0 bridgehead atoms. The topological polar surface area (TPSA) is 60.2 Å². The van der Waals surface area contributed by atoms with Crippen LogP contribution in [-0.2, 0) is 10.7 Å². The fourth-order valence-electron chi connectivity index (χ4n) is 0.819. The van der Waals surface area contributed by atoms with Crippen LogP contribution in [-0.4, -0.2) is 4.92 Å². The molecule has 4 nitrogen and oxygen atoms in total. The monoisotopic (exact) mass is 184 g/mol. The first kappa shape index (κ1) is 8.81. The Morgan fingerprint density at radius 1 is 1.33 bits per heavy atom. The Hall–Kier alpha value is -1.28. The van der Waals surface area contributed by atoms with Crippen molar-refractivity contribution < 1.29 is 9.49 Å². The Balaban J connectivity index is 2.85. The molecule has 0 aromatic heterocycles. The number of hydrogen-bond acceptors (Lipinski definition) is 3. The van der Waals surface area contributed by atoms with Gasteiger partial charge in [0.05, 0.1) is 4.92 Å². The molecule has 5 heteroatoms. The van der Waals surface area contributed by atoms with Crippen molar-refractivity contribution in [2.24, 2.45) is 0 Å². The van der Waals surface area contributed by atoms with Crippen molar-refractivity contribution in [3.63, 3.8) is 0 Å². The molecule has 0 aliphatic carbocycles. The van der Waals surface area contributed by atoms with Gasteiger partial charge in [-0.25, -0.2) is 0 Å². The maximum atomic E-state index is 10.2. The summed E-state index contributed by atoms with van der Waals surface area (Å²) in [7, 11) is -0.393. The van der Waals surface area contributed by atoms with E-state index < -0.39 is 13.4 Å². The maximum absolute atomic E-state index is 10.2. The number of nitrogens with zero attached hydrogens (tertiary/aromatic N) is 1. The van der Waals surface area contributed by atoms with Crippen LogP contribution in [0.25, 0.3) is 0 Å². The van der Waals surface area contributed by atoms with E-state index in [2.05, 4.69) is 0 Å². The minimum Gasteiger partial charge on any atom is -0.258 e. The lowest BCUT2D eigenvalue weighted by Crippen LogP contribution is -1.87. The highest BCUT2D eigenvalue weighted by atomic mass is 31.1. The minimum atomic E-state index is -0.455. The predicted molar refractivity (Wildman–Crippen MR) is 45.8 cm³/mol. The van der Waals surface area contributed by atoms with Crippen LogP contribution in [0.3, 0.4) is 0 Å². The third-order valence-corrected chi connectivity index (χ3v) is 1.98. The van der Waals surface area contributed by atoms with Gasteiger partial charge in [0.1, 0.15) is 0 Å². The number of rotatable bonds is 3. The summed E-state index contributed by atoms with van der Waals surface area (Å²) >= 11 is 0. The van der Waals surface area contributed by atoms with Crippen LogP contribution in [0.2, 0.25) is 0 Å². The van der Waals surface area contributed by atoms with Crippen LogP contribution in [0.1, 0.15) is 5.56 Å². The van der Waals surface area contributed by atoms with Gasteiger partial charge >= 0.3 is 8.46 Å². The summed E-state index contributed by atoms with van der Waals surface area (Å²) in [4.78, 5) is 9.76. The van der Waals surface area contributed by atoms with Gasteiger partial charge in [0, 0.05) is 12.1 Å². The first-order valence-electron chi connectivity index (χ1n) is 3.32. The van der Waals surface area contributed by atoms with E-state index in [0.717, 1.165) is 5.56 Å². The van der Waals surface area contributed by atoms with Crippen molar-refractivity contribution in [3.05, 3.63) is 39.9 Å². The molecule has 0 saturated heterocycles. The van der Waals surface area contributed by atoms with Crippen LogP contribution < -0.4 is 0 Å². The third-order valence-electron chi connectivity index (χ3n) is 1.42. The summed E-state index contributed by atoms with van der Waals surface area (Å²) in [5, 5.41) is 10.2. The molecule has 0 aliphatic rings. The average molecular weight is 184 g/mol. The molecule has 62 valence electrons. The van der Waals surface area contributed by atoms with Gasteiger partial charge in [-0.05, 0) is 17.7 Å². The summed E-state index contributed by atoms with van der Waals surface area (Å²) in [6.07, 6.45) is 0.456. The molecule has 0 spiro atoms. The van der Waals surface area contributed by atoms with Crippen molar-refractivity contribution in [1.29, 1.82) is 0 Å². The Kier molecular flexibility index (Phi) is 2.88. The lowest BCUT2D eigenvalue weighted by Gasteiger charge is -1.90. The van der Waals surface area contributed by atoms with Crippen LogP contribution >= 0.6 is 8.46 Å². The predicted octanol–water partition coefficient (Wildman–Crippen LogP) is 2.12. The van der Waals surface area contributed by atoms with Crippen LogP contribution in [0.5, 0.6) is 0 Å². The van der Waals surface area contributed by atoms with Crippen molar-refractivity contribution in [1.82, 2.24) is 0 Å². The second kappa shape index (κ2) is 3.93. The van der Waals surface area contributed by atoms with E-state index in [0.29, 0.717) is 6.16 Å². The minimum absolute atomic E-state index is 0.0629. The lowest BCUT2D eigenvalue weighted by atomic mass is 10.2. The Labute approximate surface area is 70.6 Å². The number of nitro groups is 1. The zero-order chi connectivity index (χ0) is 8.97. The molecule has 1 atom stereocenters. The van der Waals surface area contributed by atoms with Gasteiger partial charge in [-0.3, -0.25) is 10.1 Å². The van der Waals surface area contributed by atoms with Crippen molar-refractivity contribution in [2.45, 2.75) is 6.16 Å². The summed E-state index contributed by atoms with van der Waals surface area (Å²) in [5.74, 6) is 0. The average Bonchev–Trinajstić information content (AvgIpc) is 2.06. The molecule has 0 amide bonds. The van der Waals surface area contributed by atoms with Crippen molar-refractivity contribution in [3.8, 4) is 0 Å². The van der Waals surface area contributed by atoms with Crippen LogP contribution in [0.4, 0.5) is 5.69 Å². The smallest absolute Gasteiger partial charge is 0.258 e. The quantitative estimate of drug-likeness (QED) is 0.410. The highest BCUT2D eigenvalue weighted by Gasteiger charge is 2.04. The van der Waals surface area contributed by atoms with E-state index in [1.165, 1.54) is 12.1 Å². The second-order valence-electron chi connectivity index (χ2n) is 2.24. The van der Waals surface area contributed by atoms with Gasteiger partial charge < -0.3 is 0 Å². The van der Waals surface area contributed by atoms with E-state index in [1.54, 1.807) is 12.1 Å². The zero-order valence-electron chi connectivity index (χ0n) is 6.19. The van der Waals surface area contributed by atoms with E-state index in [4.69, 9.17) is 0 Å². The first-order chi connectivity index (χ1) is 5.74. The van der Waals surface area contributed by atoms with Gasteiger partial charge in [-0.15, -0.1) is 0 Å². The van der Waals surface area contributed by atoms with Crippen LogP contribution in [0.15, 0.2) is 24.3 Å². The third kappa shape index (κ3) is 2.10. The molecule has 0 aliphatic heterocycles. The normalized spacial score (nSPS) is 10.0. The molecular weight excluding hydrogens is 177 g/mol. The van der Waals surface area contributed by atoms with Crippen LogP contribution in [0, 0.1) is 10.1 Å². The van der Waals surface area contributed by atoms with Gasteiger partial charge in [0.2, 0.25) is 0 Å². The van der Waals surface area contributed by atoms with E-state index in [-0.39, 0.29) is 5.69 Å². The first-order valence-corrected chi connectivity index (χ1v) is 4.44.